The van der Waals surface area contributed by atoms with Gasteiger partial charge in [0.2, 0.25) is 0 Å². The van der Waals surface area contributed by atoms with Gasteiger partial charge in [-0.2, -0.15) is 15.2 Å². The summed E-state index contributed by atoms with van der Waals surface area (Å²) in [4.78, 5) is 15.0. The van der Waals surface area contributed by atoms with Gasteiger partial charge in [0, 0.05) is 0 Å². The normalized spacial score (nSPS) is 10.8. The number of anilines is 1. The summed E-state index contributed by atoms with van der Waals surface area (Å²) in [7, 11) is 1.60. The molecule has 0 atom stereocenters. The molecule has 8 nitrogen and oxygen atoms in total. The standard InChI is InChI=1S/C20H21N5O3/c1-13-4-6-15(7-5-13)12-28-18-10-16(8-9-17(18)27-3)11-21-24-19-14(2)23-25-20(26)22-19/h4-11H,12H2,1-3H3,(H2,22,24,25,26)/b21-11+. The van der Waals surface area contributed by atoms with Crippen molar-refractivity contribution >= 4 is 12.0 Å². The van der Waals surface area contributed by atoms with Crippen LogP contribution in [-0.2, 0) is 6.61 Å². The third kappa shape index (κ3) is 4.94. The molecule has 8 heteroatoms. The van der Waals surface area contributed by atoms with E-state index in [1.165, 1.54) is 5.56 Å². The average Bonchev–Trinajstić information content (AvgIpc) is 2.70. The van der Waals surface area contributed by atoms with Gasteiger partial charge < -0.3 is 9.47 Å². The van der Waals surface area contributed by atoms with E-state index in [0.717, 1.165) is 11.1 Å². The highest BCUT2D eigenvalue weighted by Gasteiger charge is 2.06. The second kappa shape index (κ2) is 8.81. The van der Waals surface area contributed by atoms with E-state index in [1.807, 2.05) is 49.4 Å². The van der Waals surface area contributed by atoms with Crippen molar-refractivity contribution in [2.24, 2.45) is 5.10 Å². The minimum absolute atomic E-state index is 0.296. The number of rotatable bonds is 7. The van der Waals surface area contributed by atoms with Crippen molar-refractivity contribution in [1.29, 1.82) is 0 Å². The molecule has 0 bridgehead atoms. The molecule has 3 rings (SSSR count). The predicted molar refractivity (Wildman–Crippen MR) is 107 cm³/mol. The van der Waals surface area contributed by atoms with Crippen LogP contribution >= 0.6 is 0 Å². The van der Waals surface area contributed by atoms with Gasteiger partial charge in [-0.25, -0.2) is 9.89 Å². The number of aromatic nitrogens is 3. The molecule has 144 valence electrons. The molecule has 0 aliphatic rings. The molecule has 0 radical (unpaired) electrons. The summed E-state index contributed by atoms with van der Waals surface area (Å²) in [6.07, 6.45) is 1.60. The van der Waals surface area contributed by atoms with Crippen LogP contribution in [0.3, 0.4) is 0 Å². The molecule has 1 aromatic heterocycles. The topological polar surface area (TPSA) is 101 Å². The predicted octanol–water partition coefficient (Wildman–Crippen LogP) is 2.82. The molecule has 3 aromatic rings. The maximum atomic E-state index is 11.2. The van der Waals surface area contributed by atoms with E-state index < -0.39 is 5.69 Å². The molecule has 1 heterocycles. The quantitative estimate of drug-likeness (QED) is 0.483. The van der Waals surface area contributed by atoms with E-state index in [-0.39, 0.29) is 0 Å². The Kier molecular flexibility index (Phi) is 6.01. The fourth-order valence-electron chi connectivity index (χ4n) is 2.40. The summed E-state index contributed by atoms with van der Waals surface area (Å²) >= 11 is 0. The van der Waals surface area contributed by atoms with Gasteiger partial charge in [-0.15, -0.1) is 0 Å². The largest absolute Gasteiger partial charge is 0.493 e. The van der Waals surface area contributed by atoms with Crippen LogP contribution in [0.2, 0.25) is 0 Å². The molecule has 0 fully saturated rings. The highest BCUT2D eigenvalue weighted by Crippen LogP contribution is 2.28. The summed E-state index contributed by atoms with van der Waals surface area (Å²) < 4.78 is 11.3. The van der Waals surface area contributed by atoms with Gasteiger partial charge in [-0.3, -0.25) is 5.43 Å². The van der Waals surface area contributed by atoms with Crippen molar-refractivity contribution in [3.63, 3.8) is 0 Å². The van der Waals surface area contributed by atoms with E-state index in [0.29, 0.717) is 29.6 Å². The van der Waals surface area contributed by atoms with Crippen molar-refractivity contribution in [3.8, 4) is 11.5 Å². The van der Waals surface area contributed by atoms with Gasteiger partial charge in [-0.05, 0) is 43.2 Å². The smallest absolute Gasteiger partial charge is 0.363 e. The van der Waals surface area contributed by atoms with E-state index in [2.05, 4.69) is 25.7 Å². The fraction of sp³-hybridized carbons (Fsp3) is 0.200. The van der Waals surface area contributed by atoms with Gasteiger partial charge in [0.25, 0.3) is 0 Å². The lowest BCUT2D eigenvalue weighted by Gasteiger charge is -2.11. The molecule has 2 aromatic carbocycles. The van der Waals surface area contributed by atoms with Gasteiger partial charge in [0.05, 0.1) is 13.3 Å². The maximum absolute atomic E-state index is 11.2. The summed E-state index contributed by atoms with van der Waals surface area (Å²) in [5, 5.41) is 10.2. The van der Waals surface area contributed by atoms with E-state index in [9.17, 15) is 4.79 Å². The van der Waals surface area contributed by atoms with Crippen LogP contribution in [0.1, 0.15) is 22.4 Å². The average molecular weight is 379 g/mol. The highest BCUT2D eigenvalue weighted by molar-refractivity contribution is 5.81. The Morgan fingerprint density at radius 2 is 1.93 bits per heavy atom. The van der Waals surface area contributed by atoms with Crippen LogP contribution < -0.4 is 20.6 Å². The van der Waals surface area contributed by atoms with Crippen molar-refractivity contribution in [2.45, 2.75) is 20.5 Å². The van der Waals surface area contributed by atoms with Crippen LogP contribution in [-0.4, -0.2) is 28.5 Å². The monoisotopic (exact) mass is 379 g/mol. The minimum atomic E-state index is -0.542. The number of nitrogens with zero attached hydrogens (tertiary/aromatic N) is 3. The lowest BCUT2D eigenvalue weighted by molar-refractivity contribution is 0.284. The van der Waals surface area contributed by atoms with Gasteiger partial charge >= 0.3 is 5.69 Å². The van der Waals surface area contributed by atoms with Crippen molar-refractivity contribution in [3.05, 3.63) is 75.3 Å². The Labute approximate surface area is 162 Å². The van der Waals surface area contributed by atoms with Crippen molar-refractivity contribution < 1.29 is 9.47 Å². The molecule has 0 unspecified atom stereocenters. The number of methoxy groups -OCH3 is 1. The molecule has 0 aliphatic carbocycles. The molecule has 0 aliphatic heterocycles. The first-order valence-corrected chi connectivity index (χ1v) is 8.64. The second-order valence-electron chi connectivity index (χ2n) is 6.13. The lowest BCUT2D eigenvalue weighted by atomic mass is 10.1. The van der Waals surface area contributed by atoms with E-state index >= 15 is 0 Å². The molecule has 0 saturated heterocycles. The maximum Gasteiger partial charge on any atom is 0.363 e. The van der Waals surface area contributed by atoms with Crippen molar-refractivity contribution in [1.82, 2.24) is 15.2 Å². The Balaban J connectivity index is 1.71. The number of hydrazone groups is 1. The van der Waals surface area contributed by atoms with E-state index in [1.54, 1.807) is 20.2 Å². The Hall–Kier alpha value is -3.68. The summed E-state index contributed by atoms with van der Waals surface area (Å²) in [6.45, 7) is 4.19. The SMILES string of the molecule is COc1ccc(/C=N/Nc2nc(=O)[nH]nc2C)cc1OCc1ccc(C)cc1. The van der Waals surface area contributed by atoms with Gasteiger partial charge in [0.1, 0.15) is 12.3 Å². The molecule has 0 amide bonds. The number of ether oxygens (including phenoxy) is 2. The zero-order valence-corrected chi connectivity index (χ0v) is 15.9. The van der Waals surface area contributed by atoms with Crippen LogP contribution in [0.4, 0.5) is 5.82 Å². The first kappa shape index (κ1) is 19.1. The number of aryl methyl sites for hydroxylation is 2. The number of nitrogens with one attached hydrogen (secondary N) is 2. The third-order valence-corrected chi connectivity index (χ3v) is 3.96. The lowest BCUT2D eigenvalue weighted by Crippen LogP contribution is -2.15. The Morgan fingerprint density at radius 3 is 2.68 bits per heavy atom. The van der Waals surface area contributed by atoms with Gasteiger partial charge in [0.15, 0.2) is 17.3 Å². The molecule has 2 N–H and O–H groups in total. The first-order valence-electron chi connectivity index (χ1n) is 8.64. The molecular formula is C20H21N5O3. The molecule has 28 heavy (non-hydrogen) atoms. The number of H-pyrrole nitrogens is 1. The van der Waals surface area contributed by atoms with Crippen LogP contribution in [0.25, 0.3) is 0 Å². The summed E-state index contributed by atoms with van der Waals surface area (Å²) in [6, 6.07) is 13.6. The number of aromatic amines is 1. The summed E-state index contributed by atoms with van der Waals surface area (Å²) in [5.41, 5.74) is 5.77. The van der Waals surface area contributed by atoms with Gasteiger partial charge in [-0.1, -0.05) is 29.8 Å². The number of hydrogen-bond acceptors (Lipinski definition) is 7. The second-order valence-corrected chi connectivity index (χ2v) is 6.13. The Morgan fingerprint density at radius 1 is 1.14 bits per heavy atom. The molecule has 0 saturated carbocycles. The highest BCUT2D eigenvalue weighted by atomic mass is 16.5. The zero-order chi connectivity index (χ0) is 19.9. The zero-order valence-electron chi connectivity index (χ0n) is 15.9. The van der Waals surface area contributed by atoms with E-state index in [4.69, 9.17) is 9.47 Å². The summed E-state index contributed by atoms with van der Waals surface area (Å²) in [5.74, 6) is 1.54. The molecular weight excluding hydrogens is 358 g/mol. The van der Waals surface area contributed by atoms with Crippen LogP contribution in [0.5, 0.6) is 11.5 Å². The first-order chi connectivity index (χ1) is 13.5. The third-order valence-electron chi connectivity index (χ3n) is 3.96. The minimum Gasteiger partial charge on any atom is -0.493 e. The number of benzene rings is 2. The van der Waals surface area contributed by atoms with Crippen molar-refractivity contribution in [2.75, 3.05) is 12.5 Å². The van der Waals surface area contributed by atoms with Crippen LogP contribution in [0.15, 0.2) is 52.4 Å². The Bertz CT molecular complexity index is 1030. The van der Waals surface area contributed by atoms with Crippen LogP contribution in [0, 0.1) is 13.8 Å². The number of hydrogen-bond donors (Lipinski definition) is 2. The molecule has 0 spiro atoms. The fourth-order valence-corrected chi connectivity index (χ4v) is 2.40.